The van der Waals surface area contributed by atoms with Crippen LogP contribution in [-0.2, 0) is 0 Å². The van der Waals surface area contributed by atoms with Gasteiger partial charge in [0.1, 0.15) is 11.5 Å². The molecule has 3 aromatic heterocycles. The number of methoxy groups -OCH3 is 1. The third kappa shape index (κ3) is 2.87. The van der Waals surface area contributed by atoms with E-state index in [4.69, 9.17) is 9.26 Å². The highest BCUT2D eigenvalue weighted by Crippen LogP contribution is 2.38. The standard InChI is InChI=1S/C22H21N3O3/c1-13-22(15(3)28-24-13)18-10-16-7-8-21(26)25(19(16)11-20(18)27-4)14(2)17-6-5-9-23-12-17/h5-12,14H,1-4H3. The van der Waals surface area contributed by atoms with E-state index in [1.54, 1.807) is 30.1 Å². The van der Waals surface area contributed by atoms with Gasteiger partial charge in [0.15, 0.2) is 0 Å². The van der Waals surface area contributed by atoms with Crippen molar-refractivity contribution in [1.82, 2.24) is 14.7 Å². The van der Waals surface area contributed by atoms with E-state index >= 15 is 0 Å². The highest BCUT2D eigenvalue weighted by Gasteiger charge is 2.19. The molecule has 0 amide bonds. The minimum absolute atomic E-state index is 0.0732. The minimum Gasteiger partial charge on any atom is -0.496 e. The van der Waals surface area contributed by atoms with E-state index in [2.05, 4.69) is 10.1 Å². The lowest BCUT2D eigenvalue weighted by Crippen LogP contribution is -2.23. The van der Waals surface area contributed by atoms with Crippen molar-refractivity contribution in [2.24, 2.45) is 0 Å². The monoisotopic (exact) mass is 375 g/mol. The van der Waals surface area contributed by atoms with Crippen LogP contribution in [0, 0.1) is 13.8 Å². The maximum absolute atomic E-state index is 12.7. The fourth-order valence-corrected chi connectivity index (χ4v) is 3.69. The molecule has 0 aliphatic heterocycles. The number of nitrogens with zero attached hydrogens (tertiary/aromatic N) is 3. The first-order valence-corrected chi connectivity index (χ1v) is 9.07. The number of hydrogen-bond acceptors (Lipinski definition) is 5. The summed E-state index contributed by atoms with van der Waals surface area (Å²) < 4.78 is 12.8. The lowest BCUT2D eigenvalue weighted by atomic mass is 10.00. The number of aryl methyl sites for hydroxylation is 2. The third-order valence-corrected chi connectivity index (χ3v) is 5.11. The zero-order valence-electron chi connectivity index (χ0n) is 16.3. The van der Waals surface area contributed by atoms with Crippen molar-refractivity contribution < 1.29 is 9.26 Å². The topological polar surface area (TPSA) is 70.2 Å². The Morgan fingerprint density at radius 2 is 2.00 bits per heavy atom. The maximum atomic E-state index is 12.7. The molecular formula is C22H21N3O3. The molecule has 0 bridgehead atoms. The maximum Gasteiger partial charge on any atom is 0.251 e. The van der Waals surface area contributed by atoms with E-state index in [-0.39, 0.29) is 11.6 Å². The molecule has 0 aliphatic carbocycles. The van der Waals surface area contributed by atoms with Gasteiger partial charge in [-0.15, -0.1) is 0 Å². The van der Waals surface area contributed by atoms with Crippen LogP contribution in [0.2, 0.25) is 0 Å². The Hall–Kier alpha value is -3.41. The molecular weight excluding hydrogens is 354 g/mol. The van der Waals surface area contributed by atoms with E-state index in [1.165, 1.54) is 0 Å². The van der Waals surface area contributed by atoms with Crippen LogP contribution in [0.25, 0.3) is 22.0 Å². The minimum atomic E-state index is -0.167. The molecule has 1 aromatic carbocycles. The van der Waals surface area contributed by atoms with Gasteiger partial charge >= 0.3 is 0 Å². The molecule has 6 heteroatoms. The zero-order chi connectivity index (χ0) is 19.8. The number of aromatic nitrogens is 3. The summed E-state index contributed by atoms with van der Waals surface area (Å²) in [6.07, 6.45) is 3.51. The molecule has 3 heterocycles. The molecule has 0 saturated carbocycles. The molecule has 0 fully saturated rings. The fourth-order valence-electron chi connectivity index (χ4n) is 3.69. The second-order valence-corrected chi connectivity index (χ2v) is 6.81. The summed E-state index contributed by atoms with van der Waals surface area (Å²) in [4.78, 5) is 16.9. The average molecular weight is 375 g/mol. The number of hydrogen-bond donors (Lipinski definition) is 0. The summed E-state index contributed by atoms with van der Waals surface area (Å²) in [5.74, 6) is 1.40. The lowest BCUT2D eigenvalue weighted by molar-refractivity contribution is 0.393. The first-order chi connectivity index (χ1) is 13.5. The van der Waals surface area contributed by atoms with Crippen LogP contribution in [0.1, 0.15) is 30.0 Å². The van der Waals surface area contributed by atoms with Gasteiger partial charge < -0.3 is 13.8 Å². The highest BCUT2D eigenvalue weighted by atomic mass is 16.5. The second-order valence-electron chi connectivity index (χ2n) is 6.81. The van der Waals surface area contributed by atoms with Crippen LogP contribution < -0.4 is 10.3 Å². The number of benzene rings is 1. The first kappa shape index (κ1) is 18.0. The summed E-state index contributed by atoms with van der Waals surface area (Å²) in [7, 11) is 1.62. The Morgan fingerprint density at radius 3 is 2.64 bits per heavy atom. The molecule has 1 unspecified atom stereocenters. The van der Waals surface area contributed by atoms with E-state index in [9.17, 15) is 4.79 Å². The fraction of sp³-hybridized carbons (Fsp3) is 0.227. The normalized spacial score (nSPS) is 12.3. The quantitative estimate of drug-likeness (QED) is 0.532. The summed E-state index contributed by atoms with van der Waals surface area (Å²) in [5, 5.41) is 4.99. The Bertz CT molecular complexity index is 1190. The average Bonchev–Trinajstić information content (AvgIpc) is 3.05. The van der Waals surface area contributed by atoms with Gasteiger partial charge in [0.2, 0.25) is 0 Å². The molecule has 0 spiro atoms. The molecule has 0 saturated heterocycles. The zero-order valence-corrected chi connectivity index (χ0v) is 16.3. The molecule has 28 heavy (non-hydrogen) atoms. The SMILES string of the molecule is COc1cc2c(ccc(=O)n2C(C)c2cccnc2)cc1-c1c(C)noc1C. The summed E-state index contributed by atoms with van der Waals surface area (Å²) in [6, 6.07) is 11.0. The predicted molar refractivity (Wildman–Crippen MR) is 108 cm³/mol. The Morgan fingerprint density at radius 1 is 1.18 bits per heavy atom. The van der Waals surface area contributed by atoms with Gasteiger partial charge in [0, 0.05) is 30.1 Å². The Balaban J connectivity index is 1.99. The van der Waals surface area contributed by atoms with E-state index < -0.39 is 0 Å². The lowest BCUT2D eigenvalue weighted by Gasteiger charge is -2.19. The number of fused-ring (bicyclic) bond motifs is 1. The molecule has 4 aromatic rings. The van der Waals surface area contributed by atoms with E-state index in [1.807, 2.05) is 51.1 Å². The highest BCUT2D eigenvalue weighted by molar-refractivity contribution is 5.89. The number of pyridine rings is 2. The third-order valence-electron chi connectivity index (χ3n) is 5.11. The summed E-state index contributed by atoms with van der Waals surface area (Å²) in [5.41, 5.74) is 4.30. The van der Waals surface area contributed by atoms with Gasteiger partial charge in [-0.3, -0.25) is 9.78 Å². The summed E-state index contributed by atoms with van der Waals surface area (Å²) >= 11 is 0. The molecule has 0 aliphatic rings. The van der Waals surface area contributed by atoms with Crippen LogP contribution in [0.3, 0.4) is 0 Å². The van der Waals surface area contributed by atoms with Crippen molar-refractivity contribution in [3.05, 3.63) is 76.2 Å². The van der Waals surface area contributed by atoms with Crippen LogP contribution in [0.5, 0.6) is 5.75 Å². The van der Waals surface area contributed by atoms with E-state index in [0.717, 1.165) is 39.0 Å². The van der Waals surface area contributed by atoms with E-state index in [0.29, 0.717) is 5.75 Å². The van der Waals surface area contributed by atoms with Crippen molar-refractivity contribution in [2.45, 2.75) is 26.8 Å². The van der Waals surface area contributed by atoms with Gasteiger partial charge in [-0.05, 0) is 49.9 Å². The van der Waals surface area contributed by atoms with Gasteiger partial charge in [0.25, 0.3) is 5.56 Å². The number of rotatable bonds is 4. The first-order valence-electron chi connectivity index (χ1n) is 9.07. The Kier molecular flexibility index (Phi) is 4.47. The molecule has 1 atom stereocenters. The molecule has 0 radical (unpaired) electrons. The predicted octanol–water partition coefficient (Wildman–Crippen LogP) is 4.29. The largest absolute Gasteiger partial charge is 0.496 e. The van der Waals surface area contributed by atoms with Gasteiger partial charge in [-0.25, -0.2) is 0 Å². The van der Waals surface area contributed by atoms with Crippen molar-refractivity contribution in [3.8, 4) is 16.9 Å². The van der Waals surface area contributed by atoms with Gasteiger partial charge in [0.05, 0.1) is 29.9 Å². The van der Waals surface area contributed by atoms with Crippen LogP contribution in [0.15, 0.2) is 58.1 Å². The van der Waals surface area contributed by atoms with Crippen molar-refractivity contribution >= 4 is 10.9 Å². The van der Waals surface area contributed by atoms with Gasteiger partial charge in [-0.1, -0.05) is 11.2 Å². The number of ether oxygens (including phenoxy) is 1. The van der Waals surface area contributed by atoms with Crippen LogP contribution in [0.4, 0.5) is 0 Å². The van der Waals surface area contributed by atoms with Crippen molar-refractivity contribution in [1.29, 1.82) is 0 Å². The summed E-state index contributed by atoms with van der Waals surface area (Å²) in [6.45, 7) is 5.78. The molecule has 0 N–H and O–H groups in total. The Labute approximate surface area is 162 Å². The molecule has 6 nitrogen and oxygen atoms in total. The van der Waals surface area contributed by atoms with Gasteiger partial charge in [-0.2, -0.15) is 0 Å². The van der Waals surface area contributed by atoms with Crippen molar-refractivity contribution in [2.75, 3.05) is 7.11 Å². The molecule has 4 rings (SSSR count). The van der Waals surface area contributed by atoms with Crippen LogP contribution in [-0.4, -0.2) is 21.8 Å². The molecule has 142 valence electrons. The smallest absolute Gasteiger partial charge is 0.251 e. The second kappa shape index (κ2) is 6.96. The van der Waals surface area contributed by atoms with Crippen molar-refractivity contribution in [3.63, 3.8) is 0 Å². The van der Waals surface area contributed by atoms with Crippen LogP contribution >= 0.6 is 0 Å².